The Morgan fingerprint density at radius 1 is 1.27 bits per heavy atom. The van der Waals surface area contributed by atoms with Crippen molar-refractivity contribution in [1.29, 1.82) is 0 Å². The van der Waals surface area contributed by atoms with Crippen LogP contribution in [0.15, 0.2) is 46.2 Å². The van der Waals surface area contributed by atoms with Gasteiger partial charge >= 0.3 is 5.97 Å². The maximum atomic E-state index is 12.2. The lowest BCUT2D eigenvalue weighted by Crippen LogP contribution is -2.12. The van der Waals surface area contributed by atoms with Crippen molar-refractivity contribution in [3.8, 4) is 11.5 Å². The number of hydrogen-bond donors (Lipinski definition) is 0. The Kier molecular flexibility index (Phi) is 4.12. The fourth-order valence-electron chi connectivity index (χ4n) is 3.05. The van der Waals surface area contributed by atoms with Crippen LogP contribution < -0.4 is 0 Å². The molecule has 0 atom stereocenters. The second-order valence-electron chi connectivity index (χ2n) is 6.17. The monoisotopic (exact) mass is 366 g/mol. The molecule has 0 aliphatic heterocycles. The molecule has 4 rings (SSSR count). The SMILES string of the molecule is COC(=O)c1cc2sccc2n1Cc1nc(-c2cccc(C)c2)oc1C. The van der Waals surface area contributed by atoms with E-state index < -0.39 is 0 Å². The summed E-state index contributed by atoms with van der Waals surface area (Å²) in [7, 11) is 1.39. The van der Waals surface area contributed by atoms with Crippen molar-refractivity contribution in [2.24, 2.45) is 0 Å². The van der Waals surface area contributed by atoms with Gasteiger partial charge in [-0.05, 0) is 43.5 Å². The number of ether oxygens (including phenoxy) is 1. The first kappa shape index (κ1) is 16.6. The molecule has 0 unspecified atom stereocenters. The molecule has 0 bridgehead atoms. The predicted octanol–water partition coefficient (Wildman–Crippen LogP) is 4.81. The Bertz CT molecular complexity index is 1100. The van der Waals surface area contributed by atoms with E-state index in [0.717, 1.165) is 32.8 Å². The molecule has 0 aliphatic rings. The van der Waals surface area contributed by atoms with Crippen LogP contribution in [0.5, 0.6) is 0 Å². The third-order valence-corrected chi connectivity index (χ3v) is 5.24. The topological polar surface area (TPSA) is 57.3 Å². The molecule has 4 aromatic rings. The third kappa shape index (κ3) is 2.82. The van der Waals surface area contributed by atoms with Crippen LogP contribution in [-0.2, 0) is 11.3 Å². The van der Waals surface area contributed by atoms with Gasteiger partial charge in [0.25, 0.3) is 0 Å². The van der Waals surface area contributed by atoms with Crippen molar-refractivity contribution in [2.75, 3.05) is 7.11 Å². The quantitative estimate of drug-likeness (QED) is 0.486. The van der Waals surface area contributed by atoms with Gasteiger partial charge in [-0.15, -0.1) is 11.3 Å². The molecule has 0 fully saturated rings. The molecule has 0 N–H and O–H groups in total. The van der Waals surface area contributed by atoms with Gasteiger partial charge in [0.05, 0.1) is 23.9 Å². The van der Waals surface area contributed by atoms with Crippen LogP contribution in [0, 0.1) is 13.8 Å². The summed E-state index contributed by atoms with van der Waals surface area (Å²) >= 11 is 1.60. The number of methoxy groups -OCH3 is 1. The molecule has 132 valence electrons. The van der Waals surface area contributed by atoms with Crippen molar-refractivity contribution in [1.82, 2.24) is 9.55 Å². The summed E-state index contributed by atoms with van der Waals surface area (Å²) in [6, 6.07) is 11.9. The number of nitrogens with zero attached hydrogens (tertiary/aromatic N) is 2. The van der Waals surface area contributed by atoms with Crippen LogP contribution in [0.1, 0.15) is 27.5 Å². The van der Waals surface area contributed by atoms with Crippen molar-refractivity contribution in [3.63, 3.8) is 0 Å². The van der Waals surface area contributed by atoms with E-state index >= 15 is 0 Å². The van der Waals surface area contributed by atoms with Gasteiger partial charge in [0.1, 0.15) is 17.1 Å². The number of rotatable bonds is 4. The number of esters is 1. The molecule has 0 aliphatic carbocycles. The molecule has 3 heterocycles. The van der Waals surface area contributed by atoms with Gasteiger partial charge < -0.3 is 13.7 Å². The number of hydrogen-bond acceptors (Lipinski definition) is 5. The van der Waals surface area contributed by atoms with Gasteiger partial charge in [0.15, 0.2) is 0 Å². The van der Waals surface area contributed by atoms with Gasteiger partial charge in [0, 0.05) is 5.56 Å². The molecule has 5 nitrogen and oxygen atoms in total. The second-order valence-corrected chi connectivity index (χ2v) is 7.12. The molecule has 0 spiro atoms. The molecule has 3 aromatic heterocycles. The highest BCUT2D eigenvalue weighted by Gasteiger charge is 2.20. The minimum absolute atomic E-state index is 0.353. The van der Waals surface area contributed by atoms with Gasteiger partial charge in [-0.2, -0.15) is 0 Å². The number of fused-ring (bicyclic) bond motifs is 1. The van der Waals surface area contributed by atoms with Crippen LogP contribution in [0.4, 0.5) is 0 Å². The van der Waals surface area contributed by atoms with Crippen LogP contribution in [0.2, 0.25) is 0 Å². The molecule has 0 amide bonds. The van der Waals surface area contributed by atoms with E-state index in [2.05, 4.69) is 4.98 Å². The van der Waals surface area contributed by atoms with Crippen LogP contribution in [0.25, 0.3) is 21.7 Å². The number of carbonyl (C=O) groups excluding carboxylic acids is 1. The number of carbonyl (C=O) groups is 1. The van der Waals surface area contributed by atoms with Gasteiger partial charge in [-0.1, -0.05) is 17.7 Å². The summed E-state index contributed by atoms with van der Waals surface area (Å²) in [6.07, 6.45) is 0. The van der Waals surface area contributed by atoms with E-state index in [-0.39, 0.29) is 5.97 Å². The molecule has 0 radical (unpaired) electrons. The van der Waals surface area contributed by atoms with E-state index in [4.69, 9.17) is 9.15 Å². The van der Waals surface area contributed by atoms with Gasteiger partial charge in [0.2, 0.25) is 5.89 Å². The van der Waals surface area contributed by atoms with Gasteiger partial charge in [-0.25, -0.2) is 9.78 Å². The largest absolute Gasteiger partial charge is 0.464 e. The molecule has 1 aromatic carbocycles. The van der Waals surface area contributed by atoms with Crippen molar-refractivity contribution >= 4 is 27.5 Å². The first-order valence-corrected chi connectivity index (χ1v) is 9.13. The zero-order valence-corrected chi connectivity index (χ0v) is 15.6. The third-order valence-electron chi connectivity index (χ3n) is 4.38. The minimum Gasteiger partial charge on any atom is -0.464 e. The van der Waals surface area contributed by atoms with E-state index in [1.54, 1.807) is 11.3 Å². The van der Waals surface area contributed by atoms with E-state index in [9.17, 15) is 4.79 Å². The highest BCUT2D eigenvalue weighted by molar-refractivity contribution is 7.17. The maximum Gasteiger partial charge on any atom is 0.354 e. The summed E-state index contributed by atoms with van der Waals surface area (Å²) in [4.78, 5) is 16.8. The second kappa shape index (κ2) is 6.46. The Balaban J connectivity index is 1.75. The van der Waals surface area contributed by atoms with Crippen molar-refractivity contribution in [2.45, 2.75) is 20.4 Å². The fraction of sp³-hybridized carbons (Fsp3) is 0.200. The molecule has 6 heteroatoms. The number of oxazole rings is 1. The minimum atomic E-state index is -0.353. The summed E-state index contributed by atoms with van der Waals surface area (Å²) in [5.41, 5.74) is 4.41. The lowest BCUT2D eigenvalue weighted by molar-refractivity contribution is 0.0589. The summed E-state index contributed by atoms with van der Waals surface area (Å²) in [6.45, 7) is 4.38. The number of benzene rings is 1. The molecular formula is C20H18N2O3S. The summed E-state index contributed by atoms with van der Waals surface area (Å²) < 4.78 is 13.8. The van der Waals surface area contributed by atoms with Crippen LogP contribution in [0.3, 0.4) is 0 Å². The first-order valence-electron chi connectivity index (χ1n) is 8.25. The average Bonchev–Trinajstić information content (AvgIpc) is 3.31. The van der Waals surface area contributed by atoms with E-state index in [0.29, 0.717) is 18.1 Å². The molecule has 0 saturated heterocycles. The van der Waals surface area contributed by atoms with Gasteiger partial charge in [-0.3, -0.25) is 0 Å². The zero-order valence-electron chi connectivity index (χ0n) is 14.8. The van der Waals surface area contributed by atoms with E-state index in [1.807, 2.05) is 60.2 Å². The first-order chi connectivity index (χ1) is 12.6. The molecule has 0 saturated carbocycles. The van der Waals surface area contributed by atoms with Crippen molar-refractivity contribution < 1.29 is 13.9 Å². The average molecular weight is 366 g/mol. The van der Waals surface area contributed by atoms with Crippen LogP contribution in [-0.4, -0.2) is 22.6 Å². The predicted molar refractivity (Wildman–Crippen MR) is 102 cm³/mol. The standard InChI is InChI=1S/C20H18N2O3S/c1-12-5-4-6-14(9-12)19-21-15(13(2)25-19)11-22-16-7-8-26-18(16)10-17(22)20(23)24-3/h4-10H,11H2,1-3H3. The summed E-state index contributed by atoms with van der Waals surface area (Å²) in [5, 5.41) is 2.01. The lowest BCUT2D eigenvalue weighted by atomic mass is 10.1. The zero-order chi connectivity index (χ0) is 18.3. The number of aromatic nitrogens is 2. The Labute approximate surface area is 154 Å². The number of aryl methyl sites for hydroxylation is 2. The molecular weight excluding hydrogens is 348 g/mol. The molecule has 26 heavy (non-hydrogen) atoms. The van der Waals surface area contributed by atoms with E-state index in [1.165, 1.54) is 7.11 Å². The Morgan fingerprint density at radius 3 is 2.88 bits per heavy atom. The Hall–Kier alpha value is -2.86. The summed E-state index contributed by atoms with van der Waals surface area (Å²) in [5.74, 6) is 0.984. The highest BCUT2D eigenvalue weighted by atomic mass is 32.1. The highest BCUT2D eigenvalue weighted by Crippen LogP contribution is 2.28. The Morgan fingerprint density at radius 2 is 2.12 bits per heavy atom. The smallest absolute Gasteiger partial charge is 0.354 e. The normalized spacial score (nSPS) is 11.2. The lowest BCUT2D eigenvalue weighted by Gasteiger charge is -2.07. The number of thiophene rings is 1. The van der Waals surface area contributed by atoms with Crippen LogP contribution >= 0.6 is 11.3 Å². The van der Waals surface area contributed by atoms with Crippen molar-refractivity contribution in [3.05, 3.63) is 64.5 Å². The fourth-order valence-corrected chi connectivity index (χ4v) is 3.87. The maximum absolute atomic E-state index is 12.2.